The van der Waals surface area contributed by atoms with Crippen molar-refractivity contribution in [1.82, 2.24) is 10.3 Å². The number of nitrogens with one attached hydrogen (secondary N) is 1. The number of rotatable bonds is 5. The highest BCUT2D eigenvalue weighted by Gasteiger charge is 2.09. The van der Waals surface area contributed by atoms with E-state index in [1.54, 1.807) is 5.51 Å². The molecule has 1 amide bonds. The van der Waals surface area contributed by atoms with Crippen molar-refractivity contribution in [2.75, 3.05) is 18.1 Å². The van der Waals surface area contributed by atoms with E-state index in [0.717, 1.165) is 28.6 Å². The van der Waals surface area contributed by atoms with E-state index >= 15 is 0 Å². The summed E-state index contributed by atoms with van der Waals surface area (Å²) in [6.45, 7) is 4.70. The van der Waals surface area contributed by atoms with Crippen molar-refractivity contribution in [3.05, 3.63) is 16.1 Å². The quantitative estimate of drug-likeness (QED) is 0.786. The van der Waals surface area contributed by atoms with Gasteiger partial charge < -0.3 is 5.32 Å². The van der Waals surface area contributed by atoms with Gasteiger partial charge in [-0.1, -0.05) is 6.92 Å². The smallest absolute Gasteiger partial charge is 0.263 e. The second-order valence-corrected chi connectivity index (χ2v) is 4.97. The number of carbonyl (C=O) groups excluding carboxylic acids is 1. The van der Waals surface area contributed by atoms with Crippen LogP contribution in [0.25, 0.3) is 0 Å². The number of nitrogens with zero attached hydrogens (tertiary/aromatic N) is 1. The Labute approximate surface area is 92.3 Å². The van der Waals surface area contributed by atoms with Crippen LogP contribution in [-0.4, -0.2) is 28.9 Å². The molecule has 0 aliphatic rings. The normalized spacial score (nSPS) is 10.1. The first kappa shape index (κ1) is 11.5. The fraction of sp³-hybridized carbons (Fsp3) is 0.556. The van der Waals surface area contributed by atoms with Crippen LogP contribution in [0.15, 0.2) is 5.51 Å². The molecule has 14 heavy (non-hydrogen) atoms. The van der Waals surface area contributed by atoms with Crippen LogP contribution in [-0.2, 0) is 0 Å². The van der Waals surface area contributed by atoms with Crippen LogP contribution < -0.4 is 5.32 Å². The number of carbonyl (C=O) groups is 1. The third-order valence-corrected chi connectivity index (χ3v) is 3.52. The summed E-state index contributed by atoms with van der Waals surface area (Å²) in [7, 11) is 0. The molecule has 1 aromatic rings. The molecule has 0 saturated heterocycles. The van der Waals surface area contributed by atoms with Crippen LogP contribution in [0.1, 0.15) is 22.3 Å². The minimum absolute atomic E-state index is 0.00158. The number of hydrogen-bond donors (Lipinski definition) is 1. The Morgan fingerprint density at radius 1 is 1.71 bits per heavy atom. The summed E-state index contributed by atoms with van der Waals surface area (Å²) in [5.41, 5.74) is 2.51. The molecule has 1 rings (SSSR count). The highest BCUT2D eigenvalue weighted by molar-refractivity contribution is 7.99. The Kier molecular flexibility index (Phi) is 4.97. The number of thiazole rings is 1. The molecule has 78 valence electrons. The highest BCUT2D eigenvalue weighted by Crippen LogP contribution is 2.11. The molecule has 0 atom stereocenters. The van der Waals surface area contributed by atoms with Crippen molar-refractivity contribution in [3.63, 3.8) is 0 Å². The average molecular weight is 230 g/mol. The topological polar surface area (TPSA) is 42.0 Å². The van der Waals surface area contributed by atoms with Crippen LogP contribution in [0.3, 0.4) is 0 Å². The van der Waals surface area contributed by atoms with Crippen molar-refractivity contribution in [2.24, 2.45) is 0 Å². The molecule has 3 nitrogen and oxygen atoms in total. The largest absolute Gasteiger partial charge is 0.350 e. The number of hydrogen-bond acceptors (Lipinski definition) is 4. The number of amides is 1. The van der Waals surface area contributed by atoms with E-state index in [4.69, 9.17) is 0 Å². The van der Waals surface area contributed by atoms with E-state index in [9.17, 15) is 4.79 Å². The lowest BCUT2D eigenvalue weighted by Gasteiger charge is -2.02. The van der Waals surface area contributed by atoms with Gasteiger partial charge in [-0.25, -0.2) is 4.98 Å². The SMILES string of the molecule is CCSCCNC(=O)c1scnc1C. The van der Waals surface area contributed by atoms with Gasteiger partial charge in [-0.05, 0) is 12.7 Å². The van der Waals surface area contributed by atoms with Crippen LogP contribution in [0, 0.1) is 6.92 Å². The van der Waals surface area contributed by atoms with Crippen LogP contribution in [0.2, 0.25) is 0 Å². The summed E-state index contributed by atoms with van der Waals surface area (Å²) in [6.07, 6.45) is 0. The lowest BCUT2D eigenvalue weighted by molar-refractivity contribution is 0.0959. The van der Waals surface area contributed by atoms with Crippen molar-refractivity contribution in [2.45, 2.75) is 13.8 Å². The molecule has 0 spiro atoms. The lowest BCUT2D eigenvalue weighted by atomic mass is 10.4. The van der Waals surface area contributed by atoms with Gasteiger partial charge in [0.1, 0.15) is 4.88 Å². The van der Waals surface area contributed by atoms with E-state index in [1.165, 1.54) is 11.3 Å². The van der Waals surface area contributed by atoms with Gasteiger partial charge in [0.2, 0.25) is 0 Å². The molecule has 0 fully saturated rings. The zero-order chi connectivity index (χ0) is 10.4. The van der Waals surface area contributed by atoms with E-state index in [-0.39, 0.29) is 5.91 Å². The van der Waals surface area contributed by atoms with Crippen molar-refractivity contribution in [3.8, 4) is 0 Å². The Hall–Kier alpha value is -0.550. The van der Waals surface area contributed by atoms with Crippen molar-refractivity contribution in [1.29, 1.82) is 0 Å². The Balaban J connectivity index is 2.32. The highest BCUT2D eigenvalue weighted by atomic mass is 32.2. The third kappa shape index (κ3) is 3.31. The average Bonchev–Trinajstić information content (AvgIpc) is 2.59. The number of aromatic nitrogens is 1. The molecule has 1 N–H and O–H groups in total. The zero-order valence-electron chi connectivity index (χ0n) is 8.37. The van der Waals surface area contributed by atoms with Gasteiger partial charge in [0.25, 0.3) is 5.91 Å². The summed E-state index contributed by atoms with van der Waals surface area (Å²) in [6, 6.07) is 0. The molecule has 0 unspecified atom stereocenters. The molecular formula is C9H14N2OS2. The standard InChI is InChI=1S/C9H14N2OS2/c1-3-13-5-4-10-9(12)8-7(2)11-6-14-8/h6H,3-5H2,1-2H3,(H,10,12). The van der Waals surface area contributed by atoms with E-state index in [1.807, 2.05) is 18.7 Å². The summed E-state index contributed by atoms with van der Waals surface area (Å²) < 4.78 is 0. The molecule has 0 bridgehead atoms. The van der Waals surface area contributed by atoms with Crippen LogP contribution in [0.5, 0.6) is 0 Å². The minimum atomic E-state index is 0.00158. The molecule has 0 radical (unpaired) electrons. The van der Waals surface area contributed by atoms with Gasteiger partial charge in [0.15, 0.2) is 0 Å². The monoisotopic (exact) mass is 230 g/mol. The van der Waals surface area contributed by atoms with Gasteiger partial charge in [0.05, 0.1) is 11.2 Å². The number of aryl methyl sites for hydroxylation is 1. The first-order valence-electron chi connectivity index (χ1n) is 4.51. The molecule has 1 aromatic heterocycles. The second kappa shape index (κ2) is 6.03. The lowest BCUT2D eigenvalue weighted by Crippen LogP contribution is -2.25. The molecule has 0 aliphatic heterocycles. The van der Waals surface area contributed by atoms with Gasteiger partial charge in [-0.2, -0.15) is 11.8 Å². The number of thioether (sulfide) groups is 1. The van der Waals surface area contributed by atoms with Gasteiger partial charge in [0, 0.05) is 12.3 Å². The Morgan fingerprint density at radius 2 is 2.50 bits per heavy atom. The fourth-order valence-electron chi connectivity index (χ4n) is 0.981. The first-order chi connectivity index (χ1) is 6.75. The molecule has 0 saturated carbocycles. The Bertz CT molecular complexity index is 299. The third-order valence-electron chi connectivity index (χ3n) is 1.69. The van der Waals surface area contributed by atoms with E-state index in [0.29, 0.717) is 0 Å². The minimum Gasteiger partial charge on any atom is -0.350 e. The van der Waals surface area contributed by atoms with E-state index < -0.39 is 0 Å². The fourth-order valence-corrected chi connectivity index (χ4v) is 2.23. The van der Waals surface area contributed by atoms with Crippen LogP contribution >= 0.6 is 23.1 Å². The van der Waals surface area contributed by atoms with Crippen molar-refractivity contribution >= 4 is 29.0 Å². The van der Waals surface area contributed by atoms with E-state index in [2.05, 4.69) is 17.2 Å². The molecular weight excluding hydrogens is 216 g/mol. The summed E-state index contributed by atoms with van der Waals surface area (Å²) in [5, 5.41) is 2.87. The molecule has 0 aromatic carbocycles. The predicted molar refractivity (Wildman–Crippen MR) is 62.2 cm³/mol. The van der Waals surface area contributed by atoms with Gasteiger partial charge in [-0.15, -0.1) is 11.3 Å². The molecule has 5 heteroatoms. The zero-order valence-corrected chi connectivity index (χ0v) is 10.0. The first-order valence-corrected chi connectivity index (χ1v) is 6.55. The maximum absolute atomic E-state index is 11.5. The maximum Gasteiger partial charge on any atom is 0.263 e. The Morgan fingerprint density at radius 3 is 3.07 bits per heavy atom. The summed E-state index contributed by atoms with van der Waals surface area (Å²) in [4.78, 5) is 16.3. The van der Waals surface area contributed by atoms with Gasteiger partial charge >= 0.3 is 0 Å². The molecule has 1 heterocycles. The summed E-state index contributed by atoms with van der Waals surface area (Å²) in [5.74, 6) is 2.07. The second-order valence-electron chi connectivity index (χ2n) is 2.72. The van der Waals surface area contributed by atoms with Crippen molar-refractivity contribution < 1.29 is 4.79 Å². The van der Waals surface area contributed by atoms with Gasteiger partial charge in [-0.3, -0.25) is 4.79 Å². The van der Waals surface area contributed by atoms with Crippen LogP contribution in [0.4, 0.5) is 0 Å². The molecule has 0 aliphatic carbocycles. The summed E-state index contributed by atoms with van der Waals surface area (Å²) >= 11 is 3.22. The maximum atomic E-state index is 11.5. The predicted octanol–water partition coefficient (Wildman–Crippen LogP) is 1.93.